The van der Waals surface area contributed by atoms with Gasteiger partial charge in [-0.15, -0.1) is 0 Å². The zero-order valence-corrected chi connectivity index (χ0v) is 11.4. The molecule has 1 heterocycles. The highest BCUT2D eigenvalue weighted by molar-refractivity contribution is 5.97. The maximum Gasteiger partial charge on any atom is 0.257 e. The van der Waals surface area contributed by atoms with E-state index in [1.807, 2.05) is 4.90 Å². The summed E-state index contributed by atoms with van der Waals surface area (Å²) in [6.45, 7) is 2.83. The molecule has 1 aromatic rings. The van der Waals surface area contributed by atoms with E-state index in [0.29, 0.717) is 38.5 Å². The molecular weight excluding hydrogens is 258 g/mol. The average Bonchev–Trinajstić information content (AvgIpc) is 2.48. The van der Waals surface area contributed by atoms with Crippen molar-refractivity contribution in [2.75, 3.05) is 39.8 Å². The van der Waals surface area contributed by atoms with E-state index in [1.165, 1.54) is 7.11 Å². The summed E-state index contributed by atoms with van der Waals surface area (Å²) in [4.78, 5) is 16.1. The summed E-state index contributed by atoms with van der Waals surface area (Å²) in [5.41, 5.74) is 0.248. The predicted molar refractivity (Wildman–Crippen MR) is 72.6 cm³/mol. The van der Waals surface area contributed by atoms with Gasteiger partial charge < -0.3 is 14.7 Å². The maximum absolute atomic E-state index is 12.4. The highest BCUT2D eigenvalue weighted by Crippen LogP contribution is 2.30. The largest absolute Gasteiger partial charge is 0.504 e. The van der Waals surface area contributed by atoms with Gasteiger partial charge in [-0.2, -0.15) is 5.26 Å². The van der Waals surface area contributed by atoms with Gasteiger partial charge >= 0.3 is 0 Å². The standard InChI is InChI=1S/C14H17N3O3/c1-20-12-4-2-3-11(13(12)18)14(19)17-9-7-16(6-5-15)8-10-17/h2-4,18H,6-10H2,1H3. The molecule has 1 fully saturated rings. The summed E-state index contributed by atoms with van der Waals surface area (Å²) in [6.07, 6.45) is 0. The lowest BCUT2D eigenvalue weighted by molar-refractivity contribution is 0.0648. The van der Waals surface area contributed by atoms with Gasteiger partial charge in [0.2, 0.25) is 0 Å². The van der Waals surface area contributed by atoms with Crippen LogP contribution in [0.3, 0.4) is 0 Å². The number of nitriles is 1. The smallest absolute Gasteiger partial charge is 0.257 e. The van der Waals surface area contributed by atoms with Crippen LogP contribution in [-0.2, 0) is 0 Å². The number of hydrogen-bond donors (Lipinski definition) is 1. The van der Waals surface area contributed by atoms with Crippen molar-refractivity contribution < 1.29 is 14.6 Å². The Morgan fingerprint density at radius 1 is 1.40 bits per heavy atom. The van der Waals surface area contributed by atoms with Crippen LogP contribution in [0.25, 0.3) is 0 Å². The molecule has 1 saturated heterocycles. The summed E-state index contributed by atoms with van der Waals surface area (Å²) >= 11 is 0. The minimum Gasteiger partial charge on any atom is -0.504 e. The van der Waals surface area contributed by atoms with Gasteiger partial charge in [0.1, 0.15) is 0 Å². The molecule has 0 atom stereocenters. The third-order valence-corrected chi connectivity index (χ3v) is 3.40. The van der Waals surface area contributed by atoms with Crippen LogP contribution in [0, 0.1) is 11.3 Å². The Kier molecular flexibility index (Phi) is 4.43. The monoisotopic (exact) mass is 275 g/mol. The predicted octanol–water partition coefficient (Wildman–Crippen LogP) is 0.682. The van der Waals surface area contributed by atoms with E-state index in [1.54, 1.807) is 23.1 Å². The van der Waals surface area contributed by atoms with Crippen LogP contribution in [-0.4, -0.2) is 60.6 Å². The molecule has 0 radical (unpaired) electrons. The van der Waals surface area contributed by atoms with Gasteiger partial charge in [-0.3, -0.25) is 9.69 Å². The number of methoxy groups -OCH3 is 1. The topological polar surface area (TPSA) is 76.8 Å². The van der Waals surface area contributed by atoms with E-state index >= 15 is 0 Å². The summed E-state index contributed by atoms with van der Waals surface area (Å²) in [7, 11) is 1.45. The molecule has 20 heavy (non-hydrogen) atoms. The van der Waals surface area contributed by atoms with Gasteiger partial charge in [0.25, 0.3) is 5.91 Å². The number of hydrogen-bond acceptors (Lipinski definition) is 5. The molecule has 106 valence electrons. The lowest BCUT2D eigenvalue weighted by Gasteiger charge is -2.33. The fourth-order valence-electron chi connectivity index (χ4n) is 2.24. The highest BCUT2D eigenvalue weighted by Gasteiger charge is 2.24. The molecule has 6 heteroatoms. The van der Waals surface area contributed by atoms with Gasteiger partial charge in [0, 0.05) is 26.2 Å². The molecule has 6 nitrogen and oxygen atoms in total. The maximum atomic E-state index is 12.4. The number of aromatic hydroxyl groups is 1. The lowest BCUT2D eigenvalue weighted by Crippen LogP contribution is -2.48. The first-order valence-electron chi connectivity index (χ1n) is 6.42. The van der Waals surface area contributed by atoms with E-state index < -0.39 is 0 Å². The number of amides is 1. The van der Waals surface area contributed by atoms with E-state index in [-0.39, 0.29) is 17.2 Å². The van der Waals surface area contributed by atoms with Crippen LogP contribution >= 0.6 is 0 Å². The first kappa shape index (κ1) is 14.2. The number of rotatable bonds is 3. The van der Waals surface area contributed by atoms with Crippen LogP contribution in [0.5, 0.6) is 11.5 Å². The first-order valence-corrected chi connectivity index (χ1v) is 6.42. The Morgan fingerprint density at radius 3 is 2.70 bits per heavy atom. The van der Waals surface area contributed by atoms with Crippen molar-refractivity contribution in [3.05, 3.63) is 23.8 Å². The zero-order valence-electron chi connectivity index (χ0n) is 11.4. The van der Waals surface area contributed by atoms with Crippen molar-refractivity contribution in [1.82, 2.24) is 9.80 Å². The number of nitrogens with zero attached hydrogens (tertiary/aromatic N) is 3. The molecule has 0 aromatic heterocycles. The molecule has 0 saturated carbocycles. The van der Waals surface area contributed by atoms with Crippen molar-refractivity contribution in [2.24, 2.45) is 0 Å². The number of ether oxygens (including phenoxy) is 1. The minimum atomic E-state index is -0.210. The van der Waals surface area contributed by atoms with Gasteiger partial charge in [0.05, 0.1) is 25.3 Å². The number of phenolic OH excluding ortho intramolecular Hbond substituents is 1. The Bertz CT molecular complexity index is 531. The number of para-hydroxylation sites is 1. The quantitative estimate of drug-likeness (QED) is 0.821. The molecule has 1 aromatic carbocycles. The zero-order chi connectivity index (χ0) is 14.5. The average molecular weight is 275 g/mol. The Hall–Kier alpha value is -2.26. The number of carbonyl (C=O) groups excluding carboxylic acids is 1. The minimum absolute atomic E-state index is 0.126. The third-order valence-electron chi connectivity index (χ3n) is 3.40. The fraction of sp³-hybridized carbons (Fsp3) is 0.429. The van der Waals surface area contributed by atoms with Crippen molar-refractivity contribution in [1.29, 1.82) is 5.26 Å². The van der Waals surface area contributed by atoms with E-state index in [4.69, 9.17) is 10.00 Å². The summed E-state index contributed by atoms with van der Waals surface area (Å²) < 4.78 is 5.01. The van der Waals surface area contributed by atoms with E-state index in [0.717, 1.165) is 0 Å². The van der Waals surface area contributed by atoms with Crippen LogP contribution < -0.4 is 4.74 Å². The second-order valence-electron chi connectivity index (χ2n) is 4.58. The summed E-state index contributed by atoms with van der Waals surface area (Å²) in [6, 6.07) is 6.97. The molecule has 0 unspecified atom stereocenters. The number of piperazine rings is 1. The van der Waals surface area contributed by atoms with Crippen molar-refractivity contribution >= 4 is 5.91 Å². The van der Waals surface area contributed by atoms with Crippen LogP contribution in [0.2, 0.25) is 0 Å². The normalized spacial score (nSPS) is 15.7. The third kappa shape index (κ3) is 2.83. The molecule has 1 aliphatic rings. The first-order chi connectivity index (χ1) is 9.67. The van der Waals surface area contributed by atoms with E-state index in [9.17, 15) is 9.90 Å². The van der Waals surface area contributed by atoms with Crippen molar-refractivity contribution in [3.63, 3.8) is 0 Å². The molecule has 1 N–H and O–H groups in total. The molecule has 0 bridgehead atoms. The Balaban J connectivity index is 2.08. The summed E-state index contributed by atoms with van der Waals surface area (Å²) in [5, 5.41) is 18.6. The second kappa shape index (κ2) is 6.26. The Labute approximate surface area is 117 Å². The number of carbonyl (C=O) groups is 1. The molecule has 2 rings (SSSR count). The van der Waals surface area contributed by atoms with Crippen LogP contribution in [0.15, 0.2) is 18.2 Å². The molecule has 0 spiro atoms. The Morgan fingerprint density at radius 2 is 2.10 bits per heavy atom. The molecule has 0 aliphatic carbocycles. The number of benzene rings is 1. The van der Waals surface area contributed by atoms with Crippen molar-refractivity contribution in [3.8, 4) is 17.6 Å². The molecule has 1 amide bonds. The van der Waals surface area contributed by atoms with Crippen LogP contribution in [0.1, 0.15) is 10.4 Å². The SMILES string of the molecule is COc1cccc(C(=O)N2CCN(CC#N)CC2)c1O. The second-order valence-corrected chi connectivity index (χ2v) is 4.58. The fourth-order valence-corrected chi connectivity index (χ4v) is 2.24. The highest BCUT2D eigenvalue weighted by atomic mass is 16.5. The number of phenols is 1. The molecular formula is C14H17N3O3. The van der Waals surface area contributed by atoms with Gasteiger partial charge in [-0.25, -0.2) is 0 Å². The van der Waals surface area contributed by atoms with E-state index in [2.05, 4.69) is 6.07 Å². The van der Waals surface area contributed by atoms with Crippen molar-refractivity contribution in [2.45, 2.75) is 0 Å². The molecule has 1 aliphatic heterocycles. The lowest BCUT2D eigenvalue weighted by atomic mass is 10.1. The van der Waals surface area contributed by atoms with Gasteiger partial charge in [0.15, 0.2) is 11.5 Å². The van der Waals surface area contributed by atoms with Crippen LogP contribution in [0.4, 0.5) is 0 Å². The van der Waals surface area contributed by atoms with Gasteiger partial charge in [-0.1, -0.05) is 6.07 Å². The van der Waals surface area contributed by atoms with Gasteiger partial charge in [-0.05, 0) is 12.1 Å². The summed E-state index contributed by atoms with van der Waals surface area (Å²) in [5.74, 6) is -0.0450.